The van der Waals surface area contributed by atoms with Gasteiger partial charge in [0.15, 0.2) is 0 Å². The van der Waals surface area contributed by atoms with Crippen LogP contribution < -0.4 is 0 Å². The number of aromatic nitrogens is 2. The highest BCUT2D eigenvalue weighted by molar-refractivity contribution is 5.66. The largest absolute Gasteiger partial charge is 0.508 e. The van der Waals surface area contributed by atoms with Crippen molar-refractivity contribution < 1.29 is 5.11 Å². The third-order valence-corrected chi connectivity index (χ3v) is 2.61. The third kappa shape index (κ3) is 1.89. The van der Waals surface area contributed by atoms with Gasteiger partial charge in [0.2, 0.25) is 0 Å². The smallest absolute Gasteiger partial charge is 0.115 e. The van der Waals surface area contributed by atoms with Gasteiger partial charge in [0.05, 0.1) is 11.4 Å². The van der Waals surface area contributed by atoms with Crippen LogP contribution in [0.25, 0.3) is 11.3 Å². The molecule has 1 heterocycles. The van der Waals surface area contributed by atoms with E-state index in [2.05, 4.69) is 16.9 Å². The van der Waals surface area contributed by atoms with Crippen LogP contribution in [0.4, 0.5) is 0 Å². The predicted molar refractivity (Wildman–Crippen MR) is 63.2 cm³/mol. The van der Waals surface area contributed by atoms with Crippen molar-refractivity contribution in [1.29, 1.82) is 0 Å². The molecule has 3 nitrogen and oxygen atoms in total. The summed E-state index contributed by atoms with van der Waals surface area (Å²) in [5, 5.41) is 9.45. The summed E-state index contributed by atoms with van der Waals surface area (Å²) in [5.41, 5.74) is 3.93. The highest BCUT2D eigenvalue weighted by Crippen LogP contribution is 2.27. The fourth-order valence-electron chi connectivity index (χ4n) is 1.78. The van der Waals surface area contributed by atoms with Gasteiger partial charge < -0.3 is 5.11 Å². The molecule has 16 heavy (non-hydrogen) atoms. The van der Waals surface area contributed by atoms with Gasteiger partial charge in [-0.25, -0.2) is 0 Å². The molecule has 0 aliphatic heterocycles. The van der Waals surface area contributed by atoms with E-state index in [0.717, 1.165) is 28.9 Å². The van der Waals surface area contributed by atoms with Gasteiger partial charge in [0.1, 0.15) is 5.75 Å². The Balaban J connectivity index is 2.60. The Morgan fingerprint density at radius 3 is 2.62 bits per heavy atom. The molecule has 0 saturated heterocycles. The lowest BCUT2D eigenvalue weighted by Gasteiger charge is -2.09. The van der Waals surface area contributed by atoms with Crippen LogP contribution in [0.2, 0.25) is 0 Å². The molecule has 3 heteroatoms. The van der Waals surface area contributed by atoms with Gasteiger partial charge in [-0.3, -0.25) is 9.97 Å². The molecule has 2 rings (SSSR count). The number of hydrogen-bond donors (Lipinski definition) is 1. The van der Waals surface area contributed by atoms with Gasteiger partial charge in [-0.15, -0.1) is 0 Å². The zero-order valence-electron chi connectivity index (χ0n) is 9.44. The molecule has 1 aromatic heterocycles. The number of rotatable bonds is 2. The molecule has 1 N–H and O–H groups in total. The molecule has 82 valence electrons. The Hall–Kier alpha value is -1.90. The summed E-state index contributed by atoms with van der Waals surface area (Å²) >= 11 is 0. The number of hydrogen-bond acceptors (Lipinski definition) is 3. The van der Waals surface area contributed by atoms with Crippen LogP contribution in [0, 0.1) is 6.92 Å². The maximum atomic E-state index is 9.45. The number of benzene rings is 1. The molecule has 0 unspecified atom stereocenters. The van der Waals surface area contributed by atoms with Crippen molar-refractivity contribution in [2.24, 2.45) is 0 Å². The van der Waals surface area contributed by atoms with E-state index < -0.39 is 0 Å². The first-order valence-electron chi connectivity index (χ1n) is 5.32. The second kappa shape index (κ2) is 4.31. The van der Waals surface area contributed by atoms with Crippen LogP contribution in [0.1, 0.15) is 18.2 Å². The van der Waals surface area contributed by atoms with Crippen molar-refractivity contribution in [3.63, 3.8) is 0 Å². The molecular formula is C13H14N2O. The summed E-state index contributed by atoms with van der Waals surface area (Å²) in [6.45, 7) is 4.00. The summed E-state index contributed by atoms with van der Waals surface area (Å²) in [6.07, 6.45) is 4.24. The second-order valence-electron chi connectivity index (χ2n) is 3.69. The molecule has 0 amide bonds. The van der Waals surface area contributed by atoms with E-state index in [9.17, 15) is 5.11 Å². The van der Waals surface area contributed by atoms with E-state index in [0.29, 0.717) is 5.75 Å². The number of nitrogens with zero attached hydrogens (tertiary/aromatic N) is 2. The summed E-state index contributed by atoms with van der Waals surface area (Å²) in [5.74, 6) is 0.294. The monoisotopic (exact) mass is 214 g/mol. The summed E-state index contributed by atoms with van der Waals surface area (Å²) in [6, 6.07) is 5.36. The lowest BCUT2D eigenvalue weighted by Crippen LogP contribution is -1.94. The molecule has 0 aliphatic rings. The SMILES string of the molecule is CCc1cc(O)ccc1-c1nccnc1C. The van der Waals surface area contributed by atoms with E-state index in [-0.39, 0.29) is 0 Å². The quantitative estimate of drug-likeness (QED) is 0.836. The van der Waals surface area contributed by atoms with Crippen LogP contribution in [-0.4, -0.2) is 15.1 Å². The molecule has 0 aliphatic carbocycles. The van der Waals surface area contributed by atoms with Crippen molar-refractivity contribution in [1.82, 2.24) is 9.97 Å². The molecule has 0 bridgehead atoms. The van der Waals surface area contributed by atoms with Crippen LogP contribution in [0.3, 0.4) is 0 Å². The molecule has 0 fully saturated rings. The lowest BCUT2D eigenvalue weighted by molar-refractivity contribution is 0.474. The molecule has 2 aromatic rings. The molecule has 0 saturated carbocycles. The summed E-state index contributed by atoms with van der Waals surface area (Å²) in [7, 11) is 0. The van der Waals surface area contributed by atoms with E-state index in [1.807, 2.05) is 13.0 Å². The van der Waals surface area contributed by atoms with E-state index in [1.54, 1.807) is 24.5 Å². The van der Waals surface area contributed by atoms with Gasteiger partial charge in [-0.2, -0.15) is 0 Å². The van der Waals surface area contributed by atoms with Crippen LogP contribution in [0.15, 0.2) is 30.6 Å². The maximum Gasteiger partial charge on any atom is 0.115 e. The number of phenols is 1. The molecule has 0 spiro atoms. The fraction of sp³-hybridized carbons (Fsp3) is 0.231. The van der Waals surface area contributed by atoms with Crippen LogP contribution in [-0.2, 0) is 6.42 Å². The average Bonchev–Trinajstić information content (AvgIpc) is 2.30. The molecule has 1 aromatic carbocycles. The second-order valence-corrected chi connectivity index (χ2v) is 3.69. The first kappa shape index (κ1) is 10.6. The maximum absolute atomic E-state index is 9.45. The minimum atomic E-state index is 0.294. The standard InChI is InChI=1S/C13H14N2O/c1-3-10-8-11(16)4-5-12(10)13-9(2)14-6-7-15-13/h4-8,16H,3H2,1-2H3. The first-order chi connectivity index (χ1) is 7.72. The predicted octanol–water partition coefficient (Wildman–Crippen LogP) is 2.72. The van der Waals surface area contributed by atoms with E-state index in [4.69, 9.17) is 0 Å². The Morgan fingerprint density at radius 1 is 1.19 bits per heavy atom. The number of aromatic hydroxyl groups is 1. The van der Waals surface area contributed by atoms with Crippen molar-refractivity contribution in [2.75, 3.05) is 0 Å². The third-order valence-electron chi connectivity index (χ3n) is 2.61. The van der Waals surface area contributed by atoms with Crippen LogP contribution >= 0.6 is 0 Å². The van der Waals surface area contributed by atoms with Crippen LogP contribution in [0.5, 0.6) is 5.75 Å². The Bertz CT molecular complexity index is 509. The Kier molecular flexibility index (Phi) is 2.86. The summed E-state index contributed by atoms with van der Waals surface area (Å²) < 4.78 is 0. The van der Waals surface area contributed by atoms with E-state index >= 15 is 0 Å². The van der Waals surface area contributed by atoms with E-state index in [1.165, 1.54) is 0 Å². The van der Waals surface area contributed by atoms with Gasteiger partial charge in [-0.05, 0) is 37.1 Å². The van der Waals surface area contributed by atoms with Gasteiger partial charge in [-0.1, -0.05) is 6.92 Å². The minimum Gasteiger partial charge on any atom is -0.508 e. The zero-order chi connectivity index (χ0) is 11.5. The van der Waals surface area contributed by atoms with Gasteiger partial charge in [0.25, 0.3) is 0 Å². The molecule has 0 radical (unpaired) electrons. The van der Waals surface area contributed by atoms with Crippen molar-refractivity contribution in [3.05, 3.63) is 41.9 Å². The molecule has 0 atom stereocenters. The normalized spacial score (nSPS) is 10.4. The Morgan fingerprint density at radius 2 is 1.94 bits per heavy atom. The van der Waals surface area contributed by atoms with Gasteiger partial charge >= 0.3 is 0 Å². The van der Waals surface area contributed by atoms with Crippen molar-refractivity contribution in [2.45, 2.75) is 20.3 Å². The van der Waals surface area contributed by atoms with Gasteiger partial charge in [0, 0.05) is 18.0 Å². The number of phenolic OH excluding ortho intramolecular Hbond substituents is 1. The zero-order valence-corrected chi connectivity index (χ0v) is 9.44. The topological polar surface area (TPSA) is 46.0 Å². The lowest BCUT2D eigenvalue weighted by atomic mass is 10.0. The first-order valence-corrected chi connectivity index (χ1v) is 5.32. The summed E-state index contributed by atoms with van der Waals surface area (Å²) in [4.78, 5) is 8.57. The number of aryl methyl sites for hydroxylation is 2. The van der Waals surface area contributed by atoms with Crippen molar-refractivity contribution >= 4 is 0 Å². The van der Waals surface area contributed by atoms with Crippen molar-refractivity contribution in [3.8, 4) is 17.0 Å². The highest BCUT2D eigenvalue weighted by atomic mass is 16.3. The Labute approximate surface area is 94.8 Å². The molecular weight excluding hydrogens is 200 g/mol. The minimum absolute atomic E-state index is 0.294. The average molecular weight is 214 g/mol. The fourth-order valence-corrected chi connectivity index (χ4v) is 1.78. The highest BCUT2D eigenvalue weighted by Gasteiger charge is 2.08.